The van der Waals surface area contributed by atoms with Gasteiger partial charge in [-0.05, 0) is 31.4 Å². The second-order valence-corrected chi connectivity index (χ2v) is 8.37. The van der Waals surface area contributed by atoms with E-state index in [9.17, 15) is 9.59 Å². The lowest BCUT2D eigenvalue weighted by molar-refractivity contribution is -0.142. The molecular weight excluding hydrogens is 370 g/mol. The molecule has 7 nitrogen and oxygen atoms in total. The predicted octanol–water partition coefficient (Wildman–Crippen LogP) is 2.01. The number of aromatic nitrogens is 1. The zero-order chi connectivity index (χ0) is 20.1. The highest BCUT2D eigenvalue weighted by Gasteiger charge is 2.37. The standard InChI is InChI=1S/C22H31N3O4/c26-21-14-24(22(27)17-9-11-28-15-17)12-20(29-16-18-6-4-5-10-23-18)13-25(21)19-7-2-1-3-8-19/h4-6,10,17,19-20H,1-3,7-9,11-16H2. The van der Waals surface area contributed by atoms with Crippen molar-refractivity contribution in [3.05, 3.63) is 30.1 Å². The molecule has 0 spiro atoms. The molecule has 2 atom stereocenters. The summed E-state index contributed by atoms with van der Waals surface area (Å²) in [5.74, 6) is -0.0682. The molecule has 2 amide bonds. The van der Waals surface area contributed by atoms with Crippen molar-refractivity contribution < 1.29 is 19.1 Å². The van der Waals surface area contributed by atoms with Crippen molar-refractivity contribution in [3.63, 3.8) is 0 Å². The molecule has 0 N–H and O–H groups in total. The largest absolute Gasteiger partial charge is 0.381 e. The summed E-state index contributed by atoms with van der Waals surface area (Å²) in [6.45, 7) is 2.59. The molecule has 1 aliphatic carbocycles. The predicted molar refractivity (Wildman–Crippen MR) is 107 cm³/mol. The maximum Gasteiger partial charge on any atom is 0.242 e. The van der Waals surface area contributed by atoms with E-state index in [0.717, 1.165) is 37.8 Å². The van der Waals surface area contributed by atoms with Gasteiger partial charge >= 0.3 is 0 Å². The van der Waals surface area contributed by atoms with Crippen LogP contribution >= 0.6 is 0 Å². The first-order valence-corrected chi connectivity index (χ1v) is 10.9. The molecule has 1 aromatic rings. The molecule has 158 valence electrons. The second-order valence-electron chi connectivity index (χ2n) is 8.37. The third-order valence-corrected chi connectivity index (χ3v) is 6.27. The van der Waals surface area contributed by atoms with E-state index in [0.29, 0.717) is 32.9 Å². The summed E-state index contributed by atoms with van der Waals surface area (Å²) < 4.78 is 11.6. The van der Waals surface area contributed by atoms with Gasteiger partial charge in [0.15, 0.2) is 0 Å². The van der Waals surface area contributed by atoms with E-state index in [-0.39, 0.29) is 36.4 Å². The van der Waals surface area contributed by atoms with E-state index in [1.165, 1.54) is 6.42 Å². The Balaban J connectivity index is 1.48. The molecule has 0 radical (unpaired) electrons. The Kier molecular flexibility index (Phi) is 6.77. The molecule has 2 saturated heterocycles. The van der Waals surface area contributed by atoms with Gasteiger partial charge in [0, 0.05) is 31.9 Å². The highest BCUT2D eigenvalue weighted by molar-refractivity contribution is 5.86. The highest BCUT2D eigenvalue weighted by Crippen LogP contribution is 2.26. The van der Waals surface area contributed by atoms with Crippen molar-refractivity contribution in [1.29, 1.82) is 0 Å². The summed E-state index contributed by atoms with van der Waals surface area (Å²) in [5, 5.41) is 0. The Morgan fingerprint density at radius 1 is 1.17 bits per heavy atom. The Morgan fingerprint density at radius 2 is 2.03 bits per heavy atom. The normalized spacial score (nSPS) is 26.6. The number of nitrogens with zero attached hydrogens (tertiary/aromatic N) is 3. The zero-order valence-corrected chi connectivity index (χ0v) is 17.0. The zero-order valence-electron chi connectivity index (χ0n) is 17.0. The van der Waals surface area contributed by atoms with Crippen LogP contribution in [0.15, 0.2) is 24.4 Å². The SMILES string of the molecule is O=C(C1CCOC1)N1CC(=O)N(C2CCCCC2)CC(OCc2ccccn2)C1. The first-order chi connectivity index (χ1) is 14.2. The van der Waals surface area contributed by atoms with Crippen LogP contribution in [0.1, 0.15) is 44.2 Å². The number of hydrogen-bond acceptors (Lipinski definition) is 5. The molecule has 2 aliphatic heterocycles. The third kappa shape index (κ3) is 5.14. The Labute approximate surface area is 172 Å². The van der Waals surface area contributed by atoms with E-state index in [4.69, 9.17) is 9.47 Å². The van der Waals surface area contributed by atoms with Crippen LogP contribution < -0.4 is 0 Å². The van der Waals surface area contributed by atoms with Crippen LogP contribution in [-0.2, 0) is 25.7 Å². The van der Waals surface area contributed by atoms with Crippen LogP contribution in [0, 0.1) is 5.92 Å². The number of rotatable bonds is 5. The second kappa shape index (κ2) is 9.67. The van der Waals surface area contributed by atoms with Crippen LogP contribution in [0.2, 0.25) is 0 Å². The van der Waals surface area contributed by atoms with Gasteiger partial charge in [-0.25, -0.2) is 0 Å². The minimum absolute atomic E-state index is 0.0211. The monoisotopic (exact) mass is 401 g/mol. The maximum absolute atomic E-state index is 13.1. The van der Waals surface area contributed by atoms with Crippen molar-refractivity contribution in [2.24, 2.45) is 5.92 Å². The molecule has 1 saturated carbocycles. The minimum Gasteiger partial charge on any atom is -0.381 e. The molecule has 0 bridgehead atoms. The Morgan fingerprint density at radius 3 is 2.76 bits per heavy atom. The van der Waals surface area contributed by atoms with E-state index >= 15 is 0 Å². The first kappa shape index (κ1) is 20.3. The van der Waals surface area contributed by atoms with Gasteiger partial charge in [0.25, 0.3) is 0 Å². The van der Waals surface area contributed by atoms with Crippen LogP contribution in [0.25, 0.3) is 0 Å². The summed E-state index contributed by atoms with van der Waals surface area (Å²) in [7, 11) is 0. The summed E-state index contributed by atoms with van der Waals surface area (Å²) in [4.78, 5) is 34.1. The Hall–Kier alpha value is -1.99. The first-order valence-electron chi connectivity index (χ1n) is 10.9. The van der Waals surface area contributed by atoms with Gasteiger partial charge in [-0.15, -0.1) is 0 Å². The molecule has 3 heterocycles. The van der Waals surface area contributed by atoms with Crippen LogP contribution in [0.5, 0.6) is 0 Å². The molecule has 7 heteroatoms. The fourth-order valence-electron chi connectivity index (χ4n) is 4.64. The van der Waals surface area contributed by atoms with Gasteiger partial charge < -0.3 is 19.3 Å². The highest BCUT2D eigenvalue weighted by atomic mass is 16.5. The minimum atomic E-state index is -0.211. The van der Waals surface area contributed by atoms with Crippen LogP contribution in [-0.4, -0.2) is 71.6 Å². The molecule has 1 aromatic heterocycles. The average Bonchev–Trinajstić information content (AvgIpc) is 3.24. The third-order valence-electron chi connectivity index (χ3n) is 6.27. The molecular formula is C22H31N3O4. The number of carbonyl (C=O) groups excluding carboxylic acids is 2. The quantitative estimate of drug-likeness (QED) is 0.755. The van der Waals surface area contributed by atoms with Crippen molar-refractivity contribution >= 4 is 11.8 Å². The molecule has 3 aliphatic rings. The molecule has 2 unspecified atom stereocenters. The number of amides is 2. The van der Waals surface area contributed by atoms with Crippen molar-refractivity contribution in [1.82, 2.24) is 14.8 Å². The number of pyridine rings is 1. The van der Waals surface area contributed by atoms with Crippen molar-refractivity contribution in [2.75, 3.05) is 32.8 Å². The van der Waals surface area contributed by atoms with Gasteiger partial charge in [-0.1, -0.05) is 25.3 Å². The van der Waals surface area contributed by atoms with Gasteiger partial charge in [0.1, 0.15) is 0 Å². The fraction of sp³-hybridized carbons (Fsp3) is 0.682. The number of ether oxygens (including phenoxy) is 2. The molecule has 29 heavy (non-hydrogen) atoms. The summed E-state index contributed by atoms with van der Waals surface area (Å²) in [5.41, 5.74) is 0.856. The summed E-state index contributed by atoms with van der Waals surface area (Å²) in [6, 6.07) is 6.01. The van der Waals surface area contributed by atoms with E-state index in [1.807, 2.05) is 23.1 Å². The molecule has 0 aromatic carbocycles. The van der Waals surface area contributed by atoms with Crippen LogP contribution in [0.3, 0.4) is 0 Å². The average molecular weight is 402 g/mol. The number of hydrogen-bond donors (Lipinski definition) is 0. The van der Waals surface area contributed by atoms with E-state index < -0.39 is 0 Å². The summed E-state index contributed by atoms with van der Waals surface area (Å²) in [6.07, 6.45) is 7.92. The van der Waals surface area contributed by atoms with Gasteiger partial charge in [-0.3, -0.25) is 14.6 Å². The molecule has 3 fully saturated rings. The smallest absolute Gasteiger partial charge is 0.242 e. The van der Waals surface area contributed by atoms with Crippen molar-refractivity contribution in [3.8, 4) is 0 Å². The topological polar surface area (TPSA) is 72.0 Å². The van der Waals surface area contributed by atoms with E-state index in [2.05, 4.69) is 4.98 Å². The summed E-state index contributed by atoms with van der Waals surface area (Å²) >= 11 is 0. The lowest BCUT2D eigenvalue weighted by Crippen LogP contribution is -2.46. The fourth-order valence-corrected chi connectivity index (χ4v) is 4.64. The Bertz CT molecular complexity index is 687. The van der Waals surface area contributed by atoms with Crippen molar-refractivity contribution in [2.45, 2.75) is 57.3 Å². The molecule has 4 rings (SSSR count). The lowest BCUT2D eigenvalue weighted by Gasteiger charge is -2.34. The van der Waals surface area contributed by atoms with E-state index in [1.54, 1.807) is 11.1 Å². The van der Waals surface area contributed by atoms with Crippen LogP contribution in [0.4, 0.5) is 0 Å². The maximum atomic E-state index is 13.1. The lowest BCUT2D eigenvalue weighted by atomic mass is 9.94. The van der Waals surface area contributed by atoms with Gasteiger partial charge in [0.05, 0.1) is 37.5 Å². The van der Waals surface area contributed by atoms with Gasteiger partial charge in [-0.2, -0.15) is 0 Å². The number of carbonyl (C=O) groups is 2. The van der Waals surface area contributed by atoms with Gasteiger partial charge in [0.2, 0.25) is 11.8 Å².